The summed E-state index contributed by atoms with van der Waals surface area (Å²) in [6.07, 6.45) is -0.164. The Bertz CT molecular complexity index is 510. The molecule has 1 heterocycles. The topological polar surface area (TPSA) is 71.8 Å². The Morgan fingerprint density at radius 3 is 3.05 bits per heavy atom. The van der Waals surface area contributed by atoms with Crippen molar-refractivity contribution in [2.45, 2.75) is 13.0 Å². The van der Waals surface area contributed by atoms with E-state index in [0.717, 1.165) is 5.56 Å². The van der Waals surface area contributed by atoms with Crippen molar-refractivity contribution in [1.82, 2.24) is 4.90 Å². The van der Waals surface area contributed by atoms with Crippen LogP contribution in [0, 0.1) is 11.3 Å². The van der Waals surface area contributed by atoms with Gasteiger partial charge in [-0.15, -0.1) is 0 Å². The number of rotatable bonds is 4. The summed E-state index contributed by atoms with van der Waals surface area (Å²) in [7, 11) is 1.60. The molecule has 0 aromatic heterocycles. The van der Waals surface area contributed by atoms with Crippen LogP contribution in [0.25, 0.3) is 0 Å². The summed E-state index contributed by atoms with van der Waals surface area (Å²) in [6.45, 7) is 0.734. The highest BCUT2D eigenvalue weighted by Gasteiger charge is 2.14. The molecule has 1 aromatic carbocycles. The molecule has 0 bridgehead atoms. The van der Waals surface area contributed by atoms with Gasteiger partial charge in [-0.25, -0.2) is 4.79 Å². The summed E-state index contributed by atoms with van der Waals surface area (Å²) in [5.41, 5.74) is 0.825. The molecule has 1 aliphatic heterocycles. The van der Waals surface area contributed by atoms with Crippen LogP contribution < -0.4 is 9.47 Å². The minimum absolute atomic E-state index is 0.159. The second-order valence-corrected chi connectivity index (χ2v) is 4.07. The maximum Gasteiger partial charge on any atom is 0.409 e. The van der Waals surface area contributed by atoms with E-state index in [9.17, 15) is 4.79 Å². The fourth-order valence-electron chi connectivity index (χ4n) is 1.59. The standard InChI is InChI=1S/C13H14N2O4/c1-15(6-2-5-14)13(16)17-8-10-3-4-11-12(7-10)19-9-18-11/h3-4,7H,2,6,8-9H2,1H3. The molecule has 0 N–H and O–H groups in total. The molecule has 0 fully saturated rings. The Labute approximate surface area is 111 Å². The van der Waals surface area contributed by atoms with Crippen molar-refractivity contribution in [3.8, 4) is 17.6 Å². The lowest BCUT2D eigenvalue weighted by atomic mass is 10.2. The molecule has 0 saturated heterocycles. The number of carbonyl (C=O) groups is 1. The van der Waals surface area contributed by atoms with Gasteiger partial charge in [0, 0.05) is 13.6 Å². The number of benzene rings is 1. The first-order valence-corrected chi connectivity index (χ1v) is 5.84. The largest absolute Gasteiger partial charge is 0.454 e. The molecule has 1 aromatic rings. The third kappa shape index (κ3) is 3.28. The highest BCUT2D eigenvalue weighted by Crippen LogP contribution is 2.32. The number of hydrogen-bond donors (Lipinski definition) is 0. The first kappa shape index (κ1) is 13.0. The van der Waals surface area contributed by atoms with Crippen LogP contribution in [-0.4, -0.2) is 31.4 Å². The molecule has 1 amide bonds. The Morgan fingerprint density at radius 1 is 1.47 bits per heavy atom. The normalized spacial score (nSPS) is 11.8. The number of amides is 1. The van der Waals surface area contributed by atoms with E-state index in [0.29, 0.717) is 18.0 Å². The molecule has 6 heteroatoms. The van der Waals surface area contributed by atoms with Gasteiger partial charge in [0.15, 0.2) is 11.5 Å². The second kappa shape index (κ2) is 5.96. The van der Waals surface area contributed by atoms with Gasteiger partial charge in [-0.1, -0.05) is 6.07 Å². The van der Waals surface area contributed by atoms with Crippen molar-refractivity contribution in [2.75, 3.05) is 20.4 Å². The van der Waals surface area contributed by atoms with Gasteiger partial charge in [0.1, 0.15) is 6.61 Å². The van der Waals surface area contributed by atoms with Crippen LogP contribution in [-0.2, 0) is 11.3 Å². The average molecular weight is 262 g/mol. The smallest absolute Gasteiger partial charge is 0.409 e. The van der Waals surface area contributed by atoms with E-state index < -0.39 is 6.09 Å². The second-order valence-electron chi connectivity index (χ2n) is 4.07. The highest BCUT2D eigenvalue weighted by atomic mass is 16.7. The average Bonchev–Trinajstić information content (AvgIpc) is 2.89. The lowest BCUT2D eigenvalue weighted by Crippen LogP contribution is -2.28. The van der Waals surface area contributed by atoms with E-state index in [1.807, 2.05) is 12.1 Å². The third-order valence-corrected chi connectivity index (χ3v) is 2.67. The van der Waals surface area contributed by atoms with Gasteiger partial charge < -0.3 is 19.1 Å². The zero-order valence-corrected chi connectivity index (χ0v) is 10.6. The van der Waals surface area contributed by atoms with Crippen LogP contribution in [0.5, 0.6) is 11.5 Å². The molecule has 100 valence electrons. The number of nitrogens with zero attached hydrogens (tertiary/aromatic N) is 2. The van der Waals surface area contributed by atoms with E-state index in [2.05, 4.69) is 0 Å². The molecule has 1 aliphatic rings. The first-order chi connectivity index (χ1) is 9.20. The number of ether oxygens (including phenoxy) is 3. The minimum atomic E-state index is -0.451. The Kier molecular flexibility index (Phi) is 4.08. The quantitative estimate of drug-likeness (QED) is 0.828. The molecule has 2 rings (SSSR count). The van der Waals surface area contributed by atoms with Crippen LogP contribution in [0.15, 0.2) is 18.2 Å². The summed E-state index contributed by atoms with van der Waals surface area (Å²) < 4.78 is 15.6. The predicted molar refractivity (Wildman–Crippen MR) is 65.6 cm³/mol. The van der Waals surface area contributed by atoms with E-state index in [-0.39, 0.29) is 19.8 Å². The molecule has 0 unspecified atom stereocenters. The highest BCUT2D eigenvalue weighted by molar-refractivity contribution is 5.67. The lowest BCUT2D eigenvalue weighted by molar-refractivity contribution is 0.105. The van der Waals surface area contributed by atoms with E-state index >= 15 is 0 Å². The molecule has 0 saturated carbocycles. The van der Waals surface area contributed by atoms with Crippen molar-refractivity contribution >= 4 is 6.09 Å². The van der Waals surface area contributed by atoms with Crippen molar-refractivity contribution in [3.63, 3.8) is 0 Å². The van der Waals surface area contributed by atoms with Gasteiger partial charge in [0.05, 0.1) is 12.5 Å². The first-order valence-electron chi connectivity index (χ1n) is 5.84. The van der Waals surface area contributed by atoms with Gasteiger partial charge >= 0.3 is 6.09 Å². The SMILES string of the molecule is CN(CCC#N)C(=O)OCc1ccc2c(c1)OCO2. The summed E-state index contributed by atoms with van der Waals surface area (Å²) in [4.78, 5) is 13.0. The lowest BCUT2D eigenvalue weighted by Gasteiger charge is -2.15. The molecule has 19 heavy (non-hydrogen) atoms. The molecule has 0 atom stereocenters. The van der Waals surface area contributed by atoms with Crippen LogP contribution in [0.3, 0.4) is 0 Å². The van der Waals surface area contributed by atoms with Gasteiger partial charge in [0.2, 0.25) is 6.79 Å². The fraction of sp³-hybridized carbons (Fsp3) is 0.385. The van der Waals surface area contributed by atoms with Crippen molar-refractivity contribution in [3.05, 3.63) is 23.8 Å². The van der Waals surface area contributed by atoms with Crippen LogP contribution >= 0.6 is 0 Å². The maximum absolute atomic E-state index is 11.6. The minimum Gasteiger partial charge on any atom is -0.454 e. The number of fused-ring (bicyclic) bond motifs is 1. The Morgan fingerprint density at radius 2 is 2.26 bits per heavy atom. The predicted octanol–water partition coefficient (Wildman–Crippen LogP) is 1.90. The molecule has 0 aliphatic carbocycles. The van der Waals surface area contributed by atoms with Crippen molar-refractivity contribution < 1.29 is 19.0 Å². The number of carbonyl (C=O) groups excluding carboxylic acids is 1. The van der Waals surface area contributed by atoms with Gasteiger partial charge in [-0.05, 0) is 17.7 Å². The summed E-state index contributed by atoms with van der Waals surface area (Å²) in [5.74, 6) is 1.35. The van der Waals surface area contributed by atoms with Crippen LogP contribution in [0.4, 0.5) is 4.79 Å². The maximum atomic E-state index is 11.6. The summed E-state index contributed by atoms with van der Waals surface area (Å²) >= 11 is 0. The molecule has 6 nitrogen and oxygen atoms in total. The molecule has 0 spiro atoms. The monoisotopic (exact) mass is 262 g/mol. The molecule has 0 radical (unpaired) electrons. The third-order valence-electron chi connectivity index (χ3n) is 2.67. The van der Waals surface area contributed by atoms with Crippen LogP contribution in [0.2, 0.25) is 0 Å². The Balaban J connectivity index is 1.85. The van der Waals surface area contributed by atoms with Crippen molar-refractivity contribution in [2.24, 2.45) is 0 Å². The summed E-state index contributed by atoms with van der Waals surface area (Å²) in [5, 5.41) is 8.44. The van der Waals surface area contributed by atoms with E-state index in [1.165, 1.54) is 4.90 Å². The van der Waals surface area contributed by atoms with Crippen LogP contribution in [0.1, 0.15) is 12.0 Å². The molecular weight excluding hydrogens is 248 g/mol. The van der Waals surface area contributed by atoms with Gasteiger partial charge in [-0.3, -0.25) is 0 Å². The fourth-order valence-corrected chi connectivity index (χ4v) is 1.59. The summed E-state index contributed by atoms with van der Waals surface area (Å²) in [6, 6.07) is 7.36. The van der Waals surface area contributed by atoms with Gasteiger partial charge in [0.25, 0.3) is 0 Å². The van der Waals surface area contributed by atoms with E-state index in [1.54, 1.807) is 19.2 Å². The van der Waals surface area contributed by atoms with Crippen molar-refractivity contribution in [1.29, 1.82) is 5.26 Å². The molecular formula is C13H14N2O4. The number of nitriles is 1. The van der Waals surface area contributed by atoms with Gasteiger partial charge in [-0.2, -0.15) is 5.26 Å². The zero-order valence-electron chi connectivity index (χ0n) is 10.6. The number of hydrogen-bond acceptors (Lipinski definition) is 5. The zero-order chi connectivity index (χ0) is 13.7. The Hall–Kier alpha value is -2.42. The van der Waals surface area contributed by atoms with E-state index in [4.69, 9.17) is 19.5 Å².